The highest BCUT2D eigenvalue weighted by Crippen LogP contribution is 2.12. The van der Waals surface area contributed by atoms with Crippen molar-refractivity contribution in [2.24, 2.45) is 0 Å². The number of aryl methyl sites for hydroxylation is 1. The summed E-state index contributed by atoms with van der Waals surface area (Å²) in [6, 6.07) is 3.85. The van der Waals surface area contributed by atoms with E-state index in [0.717, 1.165) is 12.2 Å². The van der Waals surface area contributed by atoms with Crippen LogP contribution in [0.3, 0.4) is 0 Å². The van der Waals surface area contributed by atoms with Gasteiger partial charge in [-0.25, -0.2) is 0 Å². The number of nitrogens with one attached hydrogen (secondary N) is 1. The molecule has 0 atom stereocenters. The number of nitrogen functional groups attached to an aromatic ring is 1. The number of hydrogen-bond donors (Lipinski definition) is 2. The van der Waals surface area contributed by atoms with Gasteiger partial charge in [-0.3, -0.25) is 9.97 Å². The van der Waals surface area contributed by atoms with Crippen LogP contribution in [0.25, 0.3) is 0 Å². The van der Waals surface area contributed by atoms with Crippen molar-refractivity contribution < 1.29 is 0 Å². The van der Waals surface area contributed by atoms with Gasteiger partial charge in [0.15, 0.2) is 0 Å². The zero-order chi connectivity index (χ0) is 11.4. The Morgan fingerprint density at radius 3 is 2.88 bits per heavy atom. The van der Waals surface area contributed by atoms with Crippen LogP contribution < -0.4 is 11.1 Å². The Hall–Kier alpha value is -2.10. The highest BCUT2D eigenvalue weighted by molar-refractivity contribution is 5.51. The van der Waals surface area contributed by atoms with Crippen molar-refractivity contribution in [3.63, 3.8) is 0 Å². The SMILES string of the molecule is Cc1ccncc1CNc1cncc(N)c1. The van der Waals surface area contributed by atoms with Gasteiger partial charge in [-0.2, -0.15) is 0 Å². The van der Waals surface area contributed by atoms with Gasteiger partial charge in [-0.05, 0) is 30.2 Å². The number of nitrogens with zero attached hydrogens (tertiary/aromatic N) is 2. The molecule has 2 rings (SSSR count). The van der Waals surface area contributed by atoms with Gasteiger partial charge in [-0.1, -0.05) is 0 Å². The van der Waals surface area contributed by atoms with Crippen LogP contribution in [0.5, 0.6) is 0 Å². The zero-order valence-electron chi connectivity index (χ0n) is 9.14. The first-order valence-electron chi connectivity index (χ1n) is 5.09. The van der Waals surface area contributed by atoms with E-state index in [9.17, 15) is 0 Å². The lowest BCUT2D eigenvalue weighted by atomic mass is 10.1. The molecule has 3 N–H and O–H groups in total. The normalized spacial score (nSPS) is 10.1. The average molecular weight is 214 g/mol. The van der Waals surface area contributed by atoms with E-state index in [2.05, 4.69) is 22.2 Å². The van der Waals surface area contributed by atoms with Gasteiger partial charge >= 0.3 is 0 Å². The Kier molecular flexibility index (Phi) is 3.00. The predicted molar refractivity (Wildman–Crippen MR) is 65.0 cm³/mol. The average Bonchev–Trinajstić information content (AvgIpc) is 2.28. The van der Waals surface area contributed by atoms with Crippen molar-refractivity contribution in [2.45, 2.75) is 13.5 Å². The summed E-state index contributed by atoms with van der Waals surface area (Å²) in [4.78, 5) is 8.11. The molecule has 0 amide bonds. The second-order valence-electron chi connectivity index (χ2n) is 3.66. The fraction of sp³-hybridized carbons (Fsp3) is 0.167. The molecule has 0 bridgehead atoms. The van der Waals surface area contributed by atoms with Crippen LogP contribution in [-0.2, 0) is 6.54 Å². The number of anilines is 2. The molecule has 0 aromatic carbocycles. The number of rotatable bonds is 3. The largest absolute Gasteiger partial charge is 0.397 e. The van der Waals surface area contributed by atoms with E-state index in [4.69, 9.17) is 5.73 Å². The number of hydrogen-bond acceptors (Lipinski definition) is 4. The monoisotopic (exact) mass is 214 g/mol. The molecule has 2 heterocycles. The van der Waals surface area contributed by atoms with E-state index >= 15 is 0 Å². The van der Waals surface area contributed by atoms with Crippen LogP contribution in [0, 0.1) is 6.92 Å². The van der Waals surface area contributed by atoms with Gasteiger partial charge in [0.25, 0.3) is 0 Å². The lowest BCUT2D eigenvalue weighted by Gasteiger charge is -2.08. The van der Waals surface area contributed by atoms with Crippen molar-refractivity contribution in [2.75, 3.05) is 11.1 Å². The minimum Gasteiger partial charge on any atom is -0.397 e. The Morgan fingerprint density at radius 2 is 2.12 bits per heavy atom. The Balaban J connectivity index is 2.05. The van der Waals surface area contributed by atoms with Crippen LogP contribution in [0.1, 0.15) is 11.1 Å². The van der Waals surface area contributed by atoms with E-state index in [0.29, 0.717) is 5.69 Å². The van der Waals surface area contributed by atoms with Crippen LogP contribution in [0.4, 0.5) is 11.4 Å². The van der Waals surface area contributed by atoms with Crippen molar-refractivity contribution in [3.8, 4) is 0 Å². The lowest BCUT2D eigenvalue weighted by Crippen LogP contribution is -2.02. The standard InChI is InChI=1S/C12H14N4/c1-9-2-3-14-5-10(9)6-16-12-4-11(13)7-15-8-12/h2-5,7-8,16H,6,13H2,1H3. The van der Waals surface area contributed by atoms with Crippen molar-refractivity contribution in [1.82, 2.24) is 9.97 Å². The molecule has 4 nitrogen and oxygen atoms in total. The van der Waals surface area contributed by atoms with Crippen LogP contribution >= 0.6 is 0 Å². The molecular weight excluding hydrogens is 200 g/mol. The first-order valence-corrected chi connectivity index (χ1v) is 5.09. The summed E-state index contributed by atoms with van der Waals surface area (Å²) in [5, 5.41) is 3.26. The molecule has 0 saturated carbocycles. The van der Waals surface area contributed by atoms with Crippen molar-refractivity contribution in [3.05, 3.63) is 48.0 Å². The summed E-state index contributed by atoms with van der Waals surface area (Å²) >= 11 is 0. The van der Waals surface area contributed by atoms with E-state index in [1.165, 1.54) is 11.1 Å². The van der Waals surface area contributed by atoms with Crippen molar-refractivity contribution in [1.29, 1.82) is 0 Å². The first kappa shape index (κ1) is 10.4. The maximum absolute atomic E-state index is 5.64. The fourth-order valence-electron chi connectivity index (χ4n) is 1.43. The predicted octanol–water partition coefficient (Wildman–Crippen LogP) is 1.98. The number of pyridine rings is 2. The smallest absolute Gasteiger partial charge is 0.0550 e. The second kappa shape index (κ2) is 4.61. The molecule has 2 aromatic heterocycles. The van der Waals surface area contributed by atoms with E-state index in [1.54, 1.807) is 18.6 Å². The van der Waals surface area contributed by atoms with Crippen molar-refractivity contribution >= 4 is 11.4 Å². The molecule has 0 radical (unpaired) electrons. The molecule has 0 aliphatic heterocycles. The zero-order valence-corrected chi connectivity index (χ0v) is 9.14. The second-order valence-corrected chi connectivity index (χ2v) is 3.66. The summed E-state index contributed by atoms with van der Waals surface area (Å²) in [6.07, 6.45) is 7.03. The highest BCUT2D eigenvalue weighted by atomic mass is 14.9. The van der Waals surface area contributed by atoms with Gasteiger partial charge in [0.1, 0.15) is 0 Å². The van der Waals surface area contributed by atoms with Gasteiger partial charge in [-0.15, -0.1) is 0 Å². The topological polar surface area (TPSA) is 63.8 Å². The summed E-state index contributed by atoms with van der Waals surface area (Å²) in [5.41, 5.74) is 9.62. The van der Waals surface area contributed by atoms with E-state index in [-0.39, 0.29) is 0 Å². The van der Waals surface area contributed by atoms with Gasteiger partial charge in [0.2, 0.25) is 0 Å². The fourth-order valence-corrected chi connectivity index (χ4v) is 1.43. The molecule has 0 unspecified atom stereocenters. The highest BCUT2D eigenvalue weighted by Gasteiger charge is 1.98. The summed E-state index contributed by atoms with van der Waals surface area (Å²) in [6.45, 7) is 2.79. The molecule has 82 valence electrons. The maximum Gasteiger partial charge on any atom is 0.0550 e. The Morgan fingerprint density at radius 1 is 1.25 bits per heavy atom. The third-order valence-electron chi connectivity index (χ3n) is 2.39. The molecule has 0 saturated heterocycles. The van der Waals surface area contributed by atoms with E-state index in [1.807, 2.05) is 18.3 Å². The molecular formula is C12H14N4. The van der Waals surface area contributed by atoms with E-state index < -0.39 is 0 Å². The molecule has 4 heteroatoms. The van der Waals surface area contributed by atoms with Crippen LogP contribution in [0.2, 0.25) is 0 Å². The molecule has 0 fully saturated rings. The summed E-state index contributed by atoms with van der Waals surface area (Å²) in [5.74, 6) is 0. The third kappa shape index (κ3) is 2.48. The van der Waals surface area contributed by atoms with Crippen LogP contribution in [0.15, 0.2) is 36.9 Å². The molecule has 2 aromatic rings. The molecule has 0 spiro atoms. The van der Waals surface area contributed by atoms with Gasteiger partial charge in [0, 0.05) is 25.1 Å². The minimum absolute atomic E-state index is 0.660. The Labute approximate surface area is 94.5 Å². The van der Waals surface area contributed by atoms with Gasteiger partial charge in [0.05, 0.1) is 17.6 Å². The maximum atomic E-state index is 5.64. The van der Waals surface area contributed by atoms with Gasteiger partial charge < -0.3 is 11.1 Å². The lowest BCUT2D eigenvalue weighted by molar-refractivity contribution is 1.08. The van der Waals surface area contributed by atoms with Crippen LogP contribution in [-0.4, -0.2) is 9.97 Å². The molecule has 0 aliphatic rings. The minimum atomic E-state index is 0.660. The summed E-state index contributed by atoms with van der Waals surface area (Å²) < 4.78 is 0. The summed E-state index contributed by atoms with van der Waals surface area (Å²) in [7, 11) is 0. The number of nitrogens with two attached hydrogens (primary N) is 1. The Bertz CT molecular complexity index is 482. The molecule has 0 aliphatic carbocycles. The third-order valence-corrected chi connectivity index (χ3v) is 2.39. The molecule has 16 heavy (non-hydrogen) atoms. The first-order chi connectivity index (χ1) is 7.75. The quantitative estimate of drug-likeness (QED) is 0.820. The number of aromatic nitrogens is 2.